The molecule has 0 unspecified atom stereocenters. The van der Waals surface area contributed by atoms with E-state index in [1.807, 2.05) is 16.8 Å². The summed E-state index contributed by atoms with van der Waals surface area (Å²) in [4.78, 5) is 5.01. The van der Waals surface area contributed by atoms with Gasteiger partial charge in [-0.25, -0.2) is 4.68 Å². The largest absolute Gasteiger partial charge is 0.497 e. The van der Waals surface area contributed by atoms with Gasteiger partial charge in [-0.05, 0) is 54.0 Å². The molecule has 2 aliphatic rings. The van der Waals surface area contributed by atoms with Crippen LogP contribution in [0.3, 0.4) is 0 Å². The number of hydrogen-bond acceptors (Lipinski definition) is 7. The van der Waals surface area contributed by atoms with E-state index in [1.165, 1.54) is 18.5 Å². The van der Waals surface area contributed by atoms with E-state index in [1.54, 1.807) is 7.11 Å². The van der Waals surface area contributed by atoms with E-state index in [-0.39, 0.29) is 12.1 Å². The number of unbranched alkanes of at least 4 members (excludes halogenated alkanes) is 1. The van der Waals surface area contributed by atoms with Gasteiger partial charge in [0, 0.05) is 38.5 Å². The SMILES string of the molecule is CCCC[C@H](c1nnnn1C[C@@H]1CCCO1)N1CCN(c2ccc(OC)cc2)CC1. The molecule has 4 rings (SSSR count). The van der Waals surface area contributed by atoms with Crippen LogP contribution in [0.25, 0.3) is 0 Å². The lowest BCUT2D eigenvalue weighted by molar-refractivity contribution is 0.0890. The Bertz CT molecular complexity index is 766. The van der Waals surface area contributed by atoms with Crippen LogP contribution in [-0.2, 0) is 11.3 Å². The van der Waals surface area contributed by atoms with Gasteiger partial charge >= 0.3 is 0 Å². The molecule has 2 aliphatic heterocycles. The van der Waals surface area contributed by atoms with Crippen LogP contribution in [0.2, 0.25) is 0 Å². The molecule has 1 aromatic heterocycles. The van der Waals surface area contributed by atoms with E-state index in [9.17, 15) is 0 Å². The summed E-state index contributed by atoms with van der Waals surface area (Å²) in [6, 6.07) is 8.62. The number of hydrogen-bond donors (Lipinski definition) is 0. The molecule has 0 bridgehead atoms. The van der Waals surface area contributed by atoms with Crippen molar-refractivity contribution in [2.24, 2.45) is 0 Å². The summed E-state index contributed by atoms with van der Waals surface area (Å²) in [7, 11) is 1.71. The number of piperazine rings is 1. The number of ether oxygens (including phenoxy) is 2. The van der Waals surface area contributed by atoms with Crippen LogP contribution in [0.4, 0.5) is 5.69 Å². The van der Waals surface area contributed by atoms with Crippen molar-refractivity contribution in [1.82, 2.24) is 25.1 Å². The predicted molar refractivity (Wildman–Crippen MR) is 116 cm³/mol. The zero-order valence-corrected chi connectivity index (χ0v) is 18.2. The molecule has 1 aromatic carbocycles. The van der Waals surface area contributed by atoms with Crippen molar-refractivity contribution in [3.8, 4) is 5.75 Å². The van der Waals surface area contributed by atoms with Crippen LogP contribution in [0.15, 0.2) is 24.3 Å². The van der Waals surface area contributed by atoms with Crippen molar-refractivity contribution in [3.05, 3.63) is 30.1 Å². The van der Waals surface area contributed by atoms with Gasteiger partial charge in [0.25, 0.3) is 0 Å². The second-order valence-electron chi connectivity index (χ2n) is 8.23. The average molecular weight is 415 g/mol. The second-order valence-corrected chi connectivity index (χ2v) is 8.23. The number of anilines is 1. The normalized spacial score (nSPS) is 21.1. The molecule has 0 aliphatic carbocycles. The molecule has 0 radical (unpaired) electrons. The summed E-state index contributed by atoms with van der Waals surface area (Å²) in [5.74, 6) is 1.90. The summed E-state index contributed by atoms with van der Waals surface area (Å²) >= 11 is 0. The lowest BCUT2D eigenvalue weighted by Crippen LogP contribution is -2.48. The minimum absolute atomic E-state index is 0.242. The van der Waals surface area contributed by atoms with Gasteiger partial charge in [-0.2, -0.15) is 0 Å². The number of tetrazole rings is 1. The van der Waals surface area contributed by atoms with Crippen molar-refractivity contribution in [3.63, 3.8) is 0 Å². The van der Waals surface area contributed by atoms with E-state index < -0.39 is 0 Å². The third kappa shape index (κ3) is 4.92. The molecular weight excluding hydrogens is 380 g/mol. The van der Waals surface area contributed by atoms with Gasteiger partial charge in [0.05, 0.1) is 25.8 Å². The summed E-state index contributed by atoms with van der Waals surface area (Å²) in [6.45, 7) is 7.88. The highest BCUT2D eigenvalue weighted by Crippen LogP contribution is 2.28. The van der Waals surface area contributed by atoms with Crippen LogP contribution in [0.5, 0.6) is 5.75 Å². The van der Waals surface area contributed by atoms with Crippen LogP contribution >= 0.6 is 0 Å². The lowest BCUT2D eigenvalue weighted by Gasteiger charge is -2.40. The molecule has 0 amide bonds. The van der Waals surface area contributed by atoms with Crippen molar-refractivity contribution in [2.45, 2.75) is 57.7 Å². The molecule has 2 atom stereocenters. The van der Waals surface area contributed by atoms with Crippen molar-refractivity contribution in [2.75, 3.05) is 44.8 Å². The number of benzene rings is 1. The van der Waals surface area contributed by atoms with Gasteiger partial charge < -0.3 is 14.4 Å². The molecule has 0 saturated carbocycles. The number of nitrogens with zero attached hydrogens (tertiary/aromatic N) is 6. The monoisotopic (exact) mass is 414 g/mol. The number of rotatable bonds is 9. The smallest absolute Gasteiger partial charge is 0.168 e. The molecule has 8 heteroatoms. The topological polar surface area (TPSA) is 68.5 Å². The van der Waals surface area contributed by atoms with Crippen LogP contribution in [0.1, 0.15) is 50.9 Å². The van der Waals surface area contributed by atoms with Gasteiger partial charge in [-0.3, -0.25) is 4.90 Å². The fourth-order valence-corrected chi connectivity index (χ4v) is 4.52. The first kappa shape index (κ1) is 21.1. The Kier molecular flexibility index (Phi) is 7.17. The third-order valence-corrected chi connectivity index (χ3v) is 6.28. The minimum Gasteiger partial charge on any atom is -0.497 e. The fourth-order valence-electron chi connectivity index (χ4n) is 4.52. The molecule has 0 spiro atoms. The van der Waals surface area contributed by atoms with Gasteiger partial charge in [-0.1, -0.05) is 19.8 Å². The van der Waals surface area contributed by atoms with E-state index in [0.29, 0.717) is 0 Å². The highest BCUT2D eigenvalue weighted by atomic mass is 16.5. The molecule has 2 saturated heterocycles. The molecule has 30 heavy (non-hydrogen) atoms. The Labute approximate surface area is 179 Å². The zero-order valence-electron chi connectivity index (χ0n) is 18.2. The molecule has 164 valence electrons. The first-order valence-corrected chi connectivity index (χ1v) is 11.3. The Hall–Kier alpha value is -2.19. The highest BCUT2D eigenvalue weighted by molar-refractivity contribution is 5.49. The van der Waals surface area contributed by atoms with E-state index >= 15 is 0 Å². The maximum Gasteiger partial charge on any atom is 0.168 e. The number of methoxy groups -OCH3 is 1. The van der Waals surface area contributed by atoms with Crippen molar-refractivity contribution >= 4 is 5.69 Å². The van der Waals surface area contributed by atoms with E-state index in [0.717, 1.165) is 70.2 Å². The Morgan fingerprint density at radius 1 is 1.17 bits per heavy atom. The van der Waals surface area contributed by atoms with Crippen molar-refractivity contribution in [1.29, 1.82) is 0 Å². The van der Waals surface area contributed by atoms with Crippen molar-refractivity contribution < 1.29 is 9.47 Å². The van der Waals surface area contributed by atoms with Gasteiger partial charge in [0.15, 0.2) is 5.82 Å². The molecular formula is C22H34N6O2. The minimum atomic E-state index is 0.242. The van der Waals surface area contributed by atoms with Crippen LogP contribution in [0, 0.1) is 0 Å². The summed E-state index contributed by atoms with van der Waals surface area (Å²) in [5.41, 5.74) is 1.25. The number of aromatic nitrogens is 4. The van der Waals surface area contributed by atoms with Crippen LogP contribution < -0.4 is 9.64 Å². The summed E-state index contributed by atoms with van der Waals surface area (Å²) < 4.78 is 13.1. The Morgan fingerprint density at radius 2 is 1.97 bits per heavy atom. The molecule has 8 nitrogen and oxygen atoms in total. The van der Waals surface area contributed by atoms with Gasteiger partial charge in [-0.15, -0.1) is 5.10 Å². The molecule has 3 heterocycles. The van der Waals surface area contributed by atoms with E-state index in [4.69, 9.17) is 9.47 Å². The van der Waals surface area contributed by atoms with Gasteiger partial charge in [0.1, 0.15) is 5.75 Å². The summed E-state index contributed by atoms with van der Waals surface area (Å²) in [5, 5.41) is 12.8. The molecule has 2 fully saturated rings. The second kappa shape index (κ2) is 10.2. The third-order valence-electron chi connectivity index (χ3n) is 6.28. The average Bonchev–Trinajstić information content (AvgIpc) is 3.47. The standard InChI is InChI=1S/C22H34N6O2/c1-3-4-7-21(22-23-24-25-28(22)17-20-6-5-16-30-20)27-14-12-26(13-15-27)18-8-10-19(29-2)11-9-18/h8-11,20-21H,3-7,12-17H2,1-2H3/t20-,21+/m0/s1. The first-order valence-electron chi connectivity index (χ1n) is 11.3. The van der Waals surface area contributed by atoms with Gasteiger partial charge in [0.2, 0.25) is 0 Å². The summed E-state index contributed by atoms with van der Waals surface area (Å²) in [6.07, 6.45) is 5.91. The Balaban J connectivity index is 1.42. The molecule has 0 N–H and O–H groups in total. The maximum atomic E-state index is 5.82. The first-order chi connectivity index (χ1) is 14.8. The predicted octanol–water partition coefficient (Wildman–Crippen LogP) is 2.91. The highest BCUT2D eigenvalue weighted by Gasteiger charge is 2.30. The molecule has 2 aromatic rings. The fraction of sp³-hybridized carbons (Fsp3) is 0.682. The van der Waals surface area contributed by atoms with E-state index in [2.05, 4.69) is 44.4 Å². The zero-order chi connectivity index (χ0) is 20.8. The maximum absolute atomic E-state index is 5.82. The quantitative estimate of drug-likeness (QED) is 0.625. The Morgan fingerprint density at radius 3 is 2.63 bits per heavy atom. The lowest BCUT2D eigenvalue weighted by atomic mass is 10.1. The van der Waals surface area contributed by atoms with Crippen LogP contribution in [-0.4, -0.2) is 71.1 Å².